The minimum absolute atomic E-state index is 0.606. The SMILES string of the molecule is CCC(Nc1ccccc1-n1ccnc1)C1CC1. The van der Waals surface area contributed by atoms with Crippen LogP contribution in [0.15, 0.2) is 43.0 Å². The Morgan fingerprint density at radius 2 is 2.22 bits per heavy atom. The van der Waals surface area contributed by atoms with Crippen LogP contribution in [0.3, 0.4) is 0 Å². The normalized spacial score (nSPS) is 16.5. The molecule has 2 aromatic rings. The molecule has 1 fully saturated rings. The molecule has 1 saturated carbocycles. The number of benzene rings is 1. The van der Waals surface area contributed by atoms with Gasteiger partial charge in [-0.1, -0.05) is 19.1 Å². The minimum atomic E-state index is 0.606. The van der Waals surface area contributed by atoms with Gasteiger partial charge in [-0.15, -0.1) is 0 Å². The lowest BCUT2D eigenvalue weighted by Gasteiger charge is -2.20. The van der Waals surface area contributed by atoms with Gasteiger partial charge in [0.05, 0.1) is 17.7 Å². The van der Waals surface area contributed by atoms with Crippen LogP contribution in [0.4, 0.5) is 5.69 Å². The number of rotatable bonds is 5. The lowest BCUT2D eigenvalue weighted by molar-refractivity contribution is 0.616. The average Bonchev–Trinajstić information content (AvgIpc) is 3.11. The van der Waals surface area contributed by atoms with Crippen LogP contribution in [0.2, 0.25) is 0 Å². The number of anilines is 1. The van der Waals surface area contributed by atoms with E-state index in [1.54, 1.807) is 0 Å². The molecule has 1 heterocycles. The van der Waals surface area contributed by atoms with Crippen LogP contribution in [0.25, 0.3) is 5.69 Å². The van der Waals surface area contributed by atoms with Crippen LogP contribution >= 0.6 is 0 Å². The van der Waals surface area contributed by atoms with Crippen LogP contribution in [0.1, 0.15) is 26.2 Å². The Morgan fingerprint density at radius 1 is 1.39 bits per heavy atom. The van der Waals surface area contributed by atoms with E-state index in [1.807, 2.05) is 18.7 Å². The van der Waals surface area contributed by atoms with E-state index in [1.165, 1.54) is 30.6 Å². The molecule has 0 saturated heterocycles. The molecule has 3 nitrogen and oxygen atoms in total. The van der Waals surface area contributed by atoms with Crippen LogP contribution in [0.5, 0.6) is 0 Å². The number of hydrogen-bond donors (Lipinski definition) is 1. The number of hydrogen-bond acceptors (Lipinski definition) is 2. The van der Waals surface area contributed by atoms with Gasteiger partial charge >= 0.3 is 0 Å². The Kier molecular flexibility index (Phi) is 3.05. The Hall–Kier alpha value is -1.77. The first-order chi connectivity index (χ1) is 8.88. The number of nitrogens with zero attached hydrogens (tertiary/aromatic N) is 2. The third-order valence-corrected chi connectivity index (χ3v) is 3.66. The number of para-hydroxylation sites is 2. The molecule has 1 unspecified atom stereocenters. The van der Waals surface area contributed by atoms with Gasteiger partial charge in [-0.05, 0) is 37.3 Å². The summed E-state index contributed by atoms with van der Waals surface area (Å²) in [6.45, 7) is 2.26. The zero-order valence-corrected chi connectivity index (χ0v) is 10.7. The van der Waals surface area contributed by atoms with Crippen molar-refractivity contribution in [1.82, 2.24) is 9.55 Å². The van der Waals surface area contributed by atoms with E-state index in [-0.39, 0.29) is 0 Å². The van der Waals surface area contributed by atoms with Crippen LogP contribution in [-0.4, -0.2) is 15.6 Å². The lowest BCUT2D eigenvalue weighted by Crippen LogP contribution is -2.21. The molecule has 1 aromatic heterocycles. The third kappa shape index (κ3) is 2.26. The molecular formula is C15H19N3. The average molecular weight is 241 g/mol. The summed E-state index contributed by atoms with van der Waals surface area (Å²) in [5.41, 5.74) is 2.38. The molecule has 1 atom stereocenters. The summed E-state index contributed by atoms with van der Waals surface area (Å²) in [4.78, 5) is 4.12. The maximum absolute atomic E-state index is 4.12. The van der Waals surface area contributed by atoms with Crippen molar-refractivity contribution in [2.45, 2.75) is 32.2 Å². The van der Waals surface area contributed by atoms with Gasteiger partial charge < -0.3 is 9.88 Å². The predicted molar refractivity (Wildman–Crippen MR) is 74.0 cm³/mol. The monoisotopic (exact) mass is 241 g/mol. The molecular weight excluding hydrogens is 222 g/mol. The highest BCUT2D eigenvalue weighted by atomic mass is 15.1. The second kappa shape index (κ2) is 4.84. The van der Waals surface area contributed by atoms with Gasteiger partial charge in [0.1, 0.15) is 0 Å². The summed E-state index contributed by atoms with van der Waals surface area (Å²) in [5, 5.41) is 3.70. The van der Waals surface area contributed by atoms with Gasteiger partial charge in [0, 0.05) is 18.4 Å². The Bertz CT molecular complexity index is 500. The fraction of sp³-hybridized carbons (Fsp3) is 0.400. The Morgan fingerprint density at radius 3 is 2.89 bits per heavy atom. The van der Waals surface area contributed by atoms with E-state index < -0.39 is 0 Å². The molecule has 0 radical (unpaired) electrons. The molecule has 3 heteroatoms. The maximum atomic E-state index is 4.12. The van der Waals surface area contributed by atoms with Crippen molar-refractivity contribution in [2.75, 3.05) is 5.32 Å². The van der Waals surface area contributed by atoms with E-state index in [2.05, 4.69) is 46.1 Å². The van der Waals surface area contributed by atoms with E-state index in [9.17, 15) is 0 Å². The van der Waals surface area contributed by atoms with Gasteiger partial charge in [0.2, 0.25) is 0 Å². The molecule has 18 heavy (non-hydrogen) atoms. The molecule has 1 aliphatic rings. The number of nitrogens with one attached hydrogen (secondary N) is 1. The van der Waals surface area contributed by atoms with Crippen LogP contribution in [-0.2, 0) is 0 Å². The second-order valence-electron chi connectivity index (χ2n) is 4.98. The Balaban J connectivity index is 1.87. The van der Waals surface area contributed by atoms with Gasteiger partial charge in [0.15, 0.2) is 0 Å². The standard InChI is InChI=1S/C15H19N3/c1-2-13(12-7-8-12)17-14-5-3-4-6-15(14)18-10-9-16-11-18/h3-6,9-13,17H,2,7-8H2,1H3. The maximum Gasteiger partial charge on any atom is 0.0992 e. The number of aromatic nitrogens is 2. The second-order valence-corrected chi connectivity index (χ2v) is 4.98. The molecule has 0 aliphatic heterocycles. The van der Waals surface area contributed by atoms with E-state index in [0.717, 1.165) is 5.92 Å². The third-order valence-electron chi connectivity index (χ3n) is 3.66. The lowest BCUT2D eigenvalue weighted by atomic mass is 10.1. The first kappa shape index (κ1) is 11.3. The fourth-order valence-corrected chi connectivity index (χ4v) is 2.47. The Labute approximate surface area is 108 Å². The van der Waals surface area contributed by atoms with Crippen molar-refractivity contribution in [3.05, 3.63) is 43.0 Å². The van der Waals surface area contributed by atoms with Crippen molar-refractivity contribution >= 4 is 5.69 Å². The molecule has 1 aliphatic carbocycles. The summed E-state index contributed by atoms with van der Waals surface area (Å²) >= 11 is 0. The van der Waals surface area contributed by atoms with Crippen LogP contribution in [0, 0.1) is 5.92 Å². The molecule has 0 amide bonds. The quantitative estimate of drug-likeness (QED) is 0.868. The predicted octanol–water partition coefficient (Wildman–Crippen LogP) is 3.47. The van der Waals surface area contributed by atoms with Gasteiger partial charge in [0.25, 0.3) is 0 Å². The first-order valence-corrected chi connectivity index (χ1v) is 6.72. The molecule has 0 spiro atoms. The topological polar surface area (TPSA) is 29.9 Å². The summed E-state index contributed by atoms with van der Waals surface area (Å²) in [5.74, 6) is 0.867. The van der Waals surface area contributed by atoms with E-state index >= 15 is 0 Å². The highest BCUT2D eigenvalue weighted by Crippen LogP contribution is 2.36. The molecule has 0 bridgehead atoms. The van der Waals surface area contributed by atoms with E-state index in [4.69, 9.17) is 0 Å². The van der Waals surface area contributed by atoms with E-state index in [0.29, 0.717) is 6.04 Å². The smallest absolute Gasteiger partial charge is 0.0992 e. The van der Waals surface area contributed by atoms with Gasteiger partial charge in [-0.2, -0.15) is 0 Å². The van der Waals surface area contributed by atoms with Gasteiger partial charge in [-0.25, -0.2) is 4.98 Å². The van der Waals surface area contributed by atoms with Crippen molar-refractivity contribution in [3.8, 4) is 5.69 Å². The summed E-state index contributed by atoms with van der Waals surface area (Å²) < 4.78 is 2.06. The molecule has 1 aromatic carbocycles. The highest BCUT2D eigenvalue weighted by Gasteiger charge is 2.30. The highest BCUT2D eigenvalue weighted by molar-refractivity contribution is 5.61. The largest absolute Gasteiger partial charge is 0.380 e. The number of imidazole rings is 1. The molecule has 94 valence electrons. The minimum Gasteiger partial charge on any atom is -0.380 e. The zero-order valence-electron chi connectivity index (χ0n) is 10.7. The van der Waals surface area contributed by atoms with Crippen molar-refractivity contribution in [2.24, 2.45) is 5.92 Å². The summed E-state index contributed by atoms with van der Waals surface area (Å²) in [6.07, 6.45) is 9.58. The molecule has 3 rings (SSSR count). The van der Waals surface area contributed by atoms with Crippen molar-refractivity contribution in [1.29, 1.82) is 0 Å². The first-order valence-electron chi connectivity index (χ1n) is 6.72. The fourth-order valence-electron chi connectivity index (χ4n) is 2.47. The summed E-state index contributed by atoms with van der Waals surface area (Å²) in [7, 11) is 0. The van der Waals surface area contributed by atoms with Crippen molar-refractivity contribution in [3.63, 3.8) is 0 Å². The molecule has 1 N–H and O–H groups in total. The van der Waals surface area contributed by atoms with Crippen LogP contribution < -0.4 is 5.32 Å². The van der Waals surface area contributed by atoms with Gasteiger partial charge in [-0.3, -0.25) is 0 Å². The summed E-state index contributed by atoms with van der Waals surface area (Å²) in [6, 6.07) is 9.04. The van der Waals surface area contributed by atoms with Crippen molar-refractivity contribution < 1.29 is 0 Å². The zero-order chi connectivity index (χ0) is 12.4.